The summed E-state index contributed by atoms with van der Waals surface area (Å²) in [7, 11) is 0. The fourth-order valence-corrected chi connectivity index (χ4v) is 2.07. The SMILES string of the molecule is CC(C)(CCc1ccccc1)NC(=O)c1cccc(F)n1. The van der Waals surface area contributed by atoms with Gasteiger partial charge in [-0.1, -0.05) is 36.4 Å². The molecule has 0 saturated carbocycles. The Hall–Kier alpha value is -2.23. The topological polar surface area (TPSA) is 42.0 Å². The van der Waals surface area contributed by atoms with E-state index in [1.807, 2.05) is 32.0 Å². The summed E-state index contributed by atoms with van der Waals surface area (Å²) in [4.78, 5) is 15.7. The van der Waals surface area contributed by atoms with Gasteiger partial charge in [-0.3, -0.25) is 4.79 Å². The first-order chi connectivity index (χ1) is 9.96. The number of rotatable bonds is 5. The third kappa shape index (κ3) is 4.67. The minimum absolute atomic E-state index is 0.0998. The molecule has 2 aromatic rings. The van der Waals surface area contributed by atoms with Crippen molar-refractivity contribution in [2.75, 3.05) is 0 Å². The Morgan fingerprint density at radius 1 is 1.14 bits per heavy atom. The molecule has 1 heterocycles. The van der Waals surface area contributed by atoms with Crippen molar-refractivity contribution in [3.05, 3.63) is 65.7 Å². The molecule has 0 bridgehead atoms. The van der Waals surface area contributed by atoms with Gasteiger partial charge in [0, 0.05) is 5.54 Å². The number of nitrogens with zero attached hydrogens (tertiary/aromatic N) is 1. The lowest BCUT2D eigenvalue weighted by Gasteiger charge is -2.26. The molecular formula is C17H19FN2O. The van der Waals surface area contributed by atoms with Gasteiger partial charge >= 0.3 is 0 Å². The maximum atomic E-state index is 13.0. The van der Waals surface area contributed by atoms with Gasteiger partial charge in [0.2, 0.25) is 5.95 Å². The highest BCUT2D eigenvalue weighted by Crippen LogP contribution is 2.14. The number of amides is 1. The summed E-state index contributed by atoms with van der Waals surface area (Å²) in [6.07, 6.45) is 1.66. The van der Waals surface area contributed by atoms with Crippen molar-refractivity contribution in [3.63, 3.8) is 0 Å². The van der Waals surface area contributed by atoms with Crippen molar-refractivity contribution in [3.8, 4) is 0 Å². The number of nitrogens with one attached hydrogen (secondary N) is 1. The third-order valence-corrected chi connectivity index (χ3v) is 3.28. The molecule has 0 saturated heterocycles. The van der Waals surface area contributed by atoms with Gasteiger partial charge < -0.3 is 5.32 Å². The smallest absolute Gasteiger partial charge is 0.270 e. The molecule has 110 valence electrons. The first-order valence-corrected chi connectivity index (χ1v) is 6.95. The van der Waals surface area contributed by atoms with Crippen LogP contribution in [0, 0.1) is 5.95 Å². The highest BCUT2D eigenvalue weighted by Gasteiger charge is 2.21. The molecule has 2 rings (SSSR count). The van der Waals surface area contributed by atoms with Gasteiger partial charge in [-0.15, -0.1) is 0 Å². The van der Waals surface area contributed by atoms with Crippen LogP contribution in [0.5, 0.6) is 0 Å². The second-order valence-electron chi connectivity index (χ2n) is 5.67. The van der Waals surface area contributed by atoms with E-state index in [1.165, 1.54) is 23.8 Å². The minimum Gasteiger partial charge on any atom is -0.346 e. The average Bonchev–Trinajstić information content (AvgIpc) is 2.46. The van der Waals surface area contributed by atoms with Gasteiger partial charge in [0.15, 0.2) is 0 Å². The first-order valence-electron chi connectivity index (χ1n) is 6.95. The summed E-state index contributed by atoms with van der Waals surface area (Å²) in [5.41, 5.74) is 0.937. The first kappa shape index (κ1) is 15.2. The molecule has 0 aliphatic carbocycles. The van der Waals surface area contributed by atoms with Crippen molar-refractivity contribution >= 4 is 5.91 Å². The van der Waals surface area contributed by atoms with E-state index in [4.69, 9.17) is 0 Å². The Morgan fingerprint density at radius 3 is 2.52 bits per heavy atom. The number of benzene rings is 1. The van der Waals surface area contributed by atoms with Crippen molar-refractivity contribution < 1.29 is 9.18 Å². The molecule has 1 aromatic carbocycles. The Morgan fingerprint density at radius 2 is 1.86 bits per heavy atom. The molecule has 0 atom stereocenters. The molecule has 1 aromatic heterocycles. The summed E-state index contributed by atoms with van der Waals surface area (Å²) in [6.45, 7) is 3.90. The maximum absolute atomic E-state index is 13.0. The Bertz CT molecular complexity index is 611. The number of aryl methyl sites for hydroxylation is 1. The second kappa shape index (κ2) is 6.48. The normalized spacial score (nSPS) is 11.2. The number of aromatic nitrogens is 1. The molecule has 4 heteroatoms. The predicted molar refractivity (Wildman–Crippen MR) is 80.5 cm³/mol. The van der Waals surface area contributed by atoms with E-state index >= 15 is 0 Å². The van der Waals surface area contributed by atoms with E-state index in [2.05, 4.69) is 22.4 Å². The van der Waals surface area contributed by atoms with E-state index in [0.29, 0.717) is 0 Å². The highest BCUT2D eigenvalue weighted by atomic mass is 19.1. The lowest BCUT2D eigenvalue weighted by atomic mass is 9.95. The summed E-state index contributed by atoms with van der Waals surface area (Å²) < 4.78 is 13.0. The van der Waals surface area contributed by atoms with Crippen LogP contribution in [0.15, 0.2) is 48.5 Å². The van der Waals surface area contributed by atoms with Crippen LogP contribution in [0.2, 0.25) is 0 Å². The predicted octanol–water partition coefficient (Wildman–Crippen LogP) is 3.36. The van der Waals surface area contributed by atoms with E-state index in [1.54, 1.807) is 0 Å². The molecule has 21 heavy (non-hydrogen) atoms. The van der Waals surface area contributed by atoms with Crippen LogP contribution < -0.4 is 5.32 Å². The van der Waals surface area contributed by atoms with Gasteiger partial charge in [-0.25, -0.2) is 4.98 Å². The number of hydrogen-bond acceptors (Lipinski definition) is 2. The Kier molecular flexibility index (Phi) is 4.68. The van der Waals surface area contributed by atoms with Crippen LogP contribution >= 0.6 is 0 Å². The van der Waals surface area contributed by atoms with Gasteiger partial charge in [-0.2, -0.15) is 4.39 Å². The number of carbonyl (C=O) groups excluding carboxylic acids is 1. The summed E-state index contributed by atoms with van der Waals surface area (Å²) >= 11 is 0. The standard InChI is InChI=1S/C17H19FN2O/c1-17(2,12-11-13-7-4-3-5-8-13)20-16(21)14-9-6-10-15(18)19-14/h3-10H,11-12H2,1-2H3,(H,20,21). The molecule has 1 N–H and O–H groups in total. The maximum Gasteiger partial charge on any atom is 0.270 e. The molecular weight excluding hydrogens is 267 g/mol. The second-order valence-corrected chi connectivity index (χ2v) is 5.67. The lowest BCUT2D eigenvalue weighted by Crippen LogP contribution is -2.44. The molecule has 0 aliphatic heterocycles. The molecule has 0 unspecified atom stereocenters. The zero-order valence-electron chi connectivity index (χ0n) is 12.3. The minimum atomic E-state index is -0.648. The van der Waals surface area contributed by atoms with Crippen LogP contribution in [0.1, 0.15) is 36.3 Å². The lowest BCUT2D eigenvalue weighted by molar-refractivity contribution is 0.0903. The van der Waals surface area contributed by atoms with Gasteiger partial charge in [0.1, 0.15) is 5.69 Å². The molecule has 0 aliphatic rings. The zero-order chi connectivity index (χ0) is 15.3. The van der Waals surface area contributed by atoms with Crippen LogP contribution in [0.3, 0.4) is 0 Å². The molecule has 1 amide bonds. The number of hydrogen-bond donors (Lipinski definition) is 1. The third-order valence-electron chi connectivity index (χ3n) is 3.28. The zero-order valence-corrected chi connectivity index (χ0v) is 12.3. The average molecular weight is 286 g/mol. The van der Waals surface area contributed by atoms with Crippen LogP contribution in [-0.2, 0) is 6.42 Å². The summed E-state index contributed by atoms with van der Waals surface area (Å²) in [5, 5.41) is 2.90. The fraction of sp³-hybridized carbons (Fsp3) is 0.294. The number of carbonyl (C=O) groups is 1. The van der Waals surface area contributed by atoms with Crippen LogP contribution in [-0.4, -0.2) is 16.4 Å². The van der Waals surface area contributed by atoms with Crippen molar-refractivity contribution in [2.24, 2.45) is 0 Å². The van der Waals surface area contributed by atoms with E-state index < -0.39 is 5.95 Å². The quantitative estimate of drug-likeness (QED) is 0.856. The van der Waals surface area contributed by atoms with E-state index in [0.717, 1.165) is 12.8 Å². The Balaban J connectivity index is 1.95. The van der Waals surface area contributed by atoms with Gasteiger partial charge in [-0.05, 0) is 44.4 Å². The Labute approximate surface area is 124 Å². The van der Waals surface area contributed by atoms with E-state index in [9.17, 15) is 9.18 Å². The molecule has 0 spiro atoms. The van der Waals surface area contributed by atoms with Crippen molar-refractivity contribution in [1.82, 2.24) is 10.3 Å². The molecule has 0 radical (unpaired) electrons. The van der Waals surface area contributed by atoms with Gasteiger partial charge in [0.05, 0.1) is 0 Å². The summed E-state index contributed by atoms with van der Waals surface area (Å²) in [5.74, 6) is -1.00. The van der Waals surface area contributed by atoms with Crippen molar-refractivity contribution in [1.29, 1.82) is 0 Å². The fourth-order valence-electron chi connectivity index (χ4n) is 2.07. The highest BCUT2D eigenvalue weighted by molar-refractivity contribution is 5.92. The molecule has 0 fully saturated rings. The number of halogens is 1. The van der Waals surface area contributed by atoms with Crippen molar-refractivity contribution in [2.45, 2.75) is 32.2 Å². The van der Waals surface area contributed by atoms with E-state index in [-0.39, 0.29) is 17.1 Å². The van der Waals surface area contributed by atoms with Gasteiger partial charge in [0.25, 0.3) is 5.91 Å². The largest absolute Gasteiger partial charge is 0.346 e. The molecule has 3 nitrogen and oxygen atoms in total. The monoisotopic (exact) mass is 286 g/mol. The van der Waals surface area contributed by atoms with Crippen LogP contribution in [0.4, 0.5) is 4.39 Å². The van der Waals surface area contributed by atoms with Crippen LogP contribution in [0.25, 0.3) is 0 Å². The summed E-state index contributed by atoms with van der Waals surface area (Å²) in [6, 6.07) is 14.3. The number of pyridine rings is 1.